The summed E-state index contributed by atoms with van der Waals surface area (Å²) in [5.41, 5.74) is 11.1. The van der Waals surface area contributed by atoms with Crippen LogP contribution in [-0.4, -0.2) is 213 Å². The van der Waals surface area contributed by atoms with Crippen LogP contribution in [0.15, 0.2) is 177 Å². The lowest BCUT2D eigenvalue weighted by molar-refractivity contribution is 0.0695. The van der Waals surface area contributed by atoms with E-state index in [1.54, 1.807) is 62.0 Å². The number of carbonyl (C=O) groups is 4. The molecule has 616 valence electrons. The Kier molecular flexibility index (Phi) is 23.0. The van der Waals surface area contributed by atoms with Crippen molar-refractivity contribution in [2.45, 2.75) is 174 Å². The summed E-state index contributed by atoms with van der Waals surface area (Å²) >= 11 is 0. The Balaban J connectivity index is 0.000000114. The molecule has 4 amide bonds. The smallest absolute Gasteiger partial charge is 0.275 e. The van der Waals surface area contributed by atoms with Gasteiger partial charge < -0.3 is 38.5 Å². The maximum atomic E-state index is 13.6. The molecule has 19 heterocycles. The summed E-state index contributed by atoms with van der Waals surface area (Å²) in [7, 11) is 0. The van der Waals surface area contributed by atoms with Crippen LogP contribution in [0.2, 0.25) is 0 Å². The van der Waals surface area contributed by atoms with Crippen LogP contribution in [0.1, 0.15) is 158 Å². The highest BCUT2D eigenvalue weighted by molar-refractivity contribution is 5.99. The number of pyridine rings is 7. The van der Waals surface area contributed by atoms with Crippen molar-refractivity contribution in [1.82, 2.24) is 114 Å². The zero-order valence-corrected chi connectivity index (χ0v) is 67.9. The van der Waals surface area contributed by atoms with E-state index in [-0.39, 0.29) is 77.9 Å². The van der Waals surface area contributed by atoms with Crippen LogP contribution < -0.4 is 18.9 Å². The van der Waals surface area contributed by atoms with Crippen molar-refractivity contribution in [1.29, 1.82) is 0 Å². The number of ether oxygens (including phenoxy) is 4. The molecule has 8 bridgehead atoms. The molecular weight excluding hydrogens is 1530 g/mol. The third-order valence-corrected chi connectivity index (χ3v) is 24.3. The quantitative estimate of drug-likeness (QED) is 0.0684. The second-order valence-electron chi connectivity index (χ2n) is 32.4. The Hall–Kier alpha value is -13.2. The van der Waals surface area contributed by atoms with Gasteiger partial charge in [-0.05, 0) is 197 Å². The number of aromatic nitrogens is 19. The van der Waals surface area contributed by atoms with Crippen LogP contribution in [-0.2, 0) is 0 Å². The molecule has 20 rings (SSSR count). The molecule has 12 unspecified atom stereocenters. The molecule has 0 saturated carbocycles. The summed E-state index contributed by atoms with van der Waals surface area (Å²) in [6.07, 6.45) is 31.1. The molecule has 8 aliphatic rings. The van der Waals surface area contributed by atoms with Crippen LogP contribution in [0.25, 0.3) is 22.7 Å². The fourth-order valence-electron chi connectivity index (χ4n) is 18.7. The van der Waals surface area contributed by atoms with Crippen molar-refractivity contribution in [2.24, 2.45) is 23.7 Å². The normalized spacial score (nSPS) is 22.5. The molecule has 0 spiro atoms. The fraction of sp³-hybridized carbons (Fsp3) is 0.398. The summed E-state index contributed by atoms with van der Waals surface area (Å²) < 4.78 is 36.7. The maximum Gasteiger partial charge on any atom is 0.275 e. The Bertz CT molecular complexity index is 4890. The topological polar surface area (TPSA) is 331 Å². The highest BCUT2D eigenvalue weighted by Gasteiger charge is 2.53. The van der Waals surface area contributed by atoms with Crippen molar-refractivity contribution in [2.75, 3.05) is 26.4 Å². The monoisotopic (exact) mass is 1620 g/mol. The molecule has 0 N–H and O–H groups in total. The first kappa shape index (κ1) is 79.3. The maximum absolute atomic E-state index is 13.6. The van der Waals surface area contributed by atoms with Gasteiger partial charge in [0, 0.05) is 132 Å². The predicted octanol–water partition coefficient (Wildman–Crippen LogP) is 11.4. The van der Waals surface area contributed by atoms with Gasteiger partial charge in [-0.3, -0.25) is 19.2 Å². The van der Waals surface area contributed by atoms with Gasteiger partial charge in [-0.2, -0.15) is 45.6 Å². The van der Waals surface area contributed by atoms with Crippen molar-refractivity contribution in [3.63, 3.8) is 0 Å². The number of hydrogen-bond donors (Lipinski definition) is 0. The number of amides is 4. The average Bonchev–Trinajstić information content (AvgIpc) is 1.63. The molecule has 8 aliphatic heterocycles. The highest BCUT2D eigenvalue weighted by Crippen LogP contribution is 2.47. The molecule has 0 aliphatic carbocycles. The third kappa shape index (κ3) is 16.9. The minimum atomic E-state index is -0.396. The summed E-state index contributed by atoms with van der Waals surface area (Å²) in [5.74, 6) is 2.91. The standard InChI is InChI=1S/C23H25N5O2.2C22H24N6O2.C21H21FN6O2/c1-15-3-6-21(28-25-9-10-26-28)19(11-15)23(29)27-18-5-7-20(27)17(12-18)14-30-22-8-4-16(2)13-24-22;2*1-14-3-8-20(23-12-14)30-13-16-11-17-5-7-18(16)27(17)22(29)21-19(6-4-15(2)26-21)28-24-9-10-25-28;1-13-2-5-18(28-24-8-9-25-28)20(26-13)21(29)27-16-4-6-17(27)14(10-16)12-30-19-7-3-15(22)11-23-19/h3-4,6,8-11,13,17-18,20H,5,7,12,14H2,1-2H3;2*3-4,6,8-10,12,16-18H,5,7,11,13H2,1-2H3;2-3,5,7-9,11,14,16-17H,4,6,10,12H2,1H3. The summed E-state index contributed by atoms with van der Waals surface area (Å²) in [6.45, 7) is 15.8. The van der Waals surface area contributed by atoms with Gasteiger partial charge in [0.2, 0.25) is 23.5 Å². The highest BCUT2D eigenvalue weighted by atomic mass is 19.1. The van der Waals surface area contributed by atoms with Crippen LogP contribution in [0.5, 0.6) is 23.5 Å². The number of rotatable bonds is 20. The second-order valence-corrected chi connectivity index (χ2v) is 32.4. The summed E-state index contributed by atoms with van der Waals surface area (Å²) in [5, 5.41) is 33.6. The van der Waals surface area contributed by atoms with Crippen LogP contribution >= 0.6 is 0 Å². The van der Waals surface area contributed by atoms with Gasteiger partial charge in [-0.15, -0.1) is 14.4 Å². The minimum Gasteiger partial charge on any atom is -0.477 e. The van der Waals surface area contributed by atoms with E-state index in [1.807, 2.05) is 160 Å². The number of carbonyl (C=O) groups excluding carboxylic acids is 4. The van der Waals surface area contributed by atoms with Gasteiger partial charge in [0.1, 0.15) is 22.9 Å². The van der Waals surface area contributed by atoms with Crippen molar-refractivity contribution in [3.05, 3.63) is 245 Å². The lowest BCUT2D eigenvalue weighted by atomic mass is 9.90. The molecule has 8 fully saturated rings. The van der Waals surface area contributed by atoms with Crippen molar-refractivity contribution < 1.29 is 42.5 Å². The van der Waals surface area contributed by atoms with Gasteiger partial charge in [0.05, 0.1) is 93.4 Å². The SMILES string of the molecule is Cc1ccc(-n2nccn2)c(C(=O)N2C3CCC2C(COc2ccc(F)cn2)C3)n1.Cc1ccc(OCC2CC3CCC2N3C(=O)c2cc(C)ccc2-n2nccn2)nc1.Cc1ccc(OCC2CC3CCC2N3C(=O)c2nc(C)ccc2-n2nccn2)nc1.Cc1ccc(OCC2CC3CCC2N3C(=O)c2nc(C)ccc2-n2nccn2)nc1. The largest absolute Gasteiger partial charge is 0.477 e. The van der Waals surface area contributed by atoms with Crippen molar-refractivity contribution >= 4 is 23.6 Å². The molecule has 8 saturated heterocycles. The van der Waals surface area contributed by atoms with Crippen LogP contribution in [0.3, 0.4) is 0 Å². The molecule has 32 heteroatoms. The Labute approximate surface area is 692 Å². The van der Waals surface area contributed by atoms with Crippen molar-refractivity contribution in [3.8, 4) is 46.3 Å². The predicted molar refractivity (Wildman–Crippen MR) is 435 cm³/mol. The second kappa shape index (κ2) is 34.8. The van der Waals surface area contributed by atoms with Crippen LogP contribution in [0, 0.1) is 78.0 Å². The van der Waals surface area contributed by atoms with Gasteiger partial charge >= 0.3 is 0 Å². The first-order valence-electron chi connectivity index (χ1n) is 41.1. The molecule has 12 aromatic rings. The van der Waals surface area contributed by atoms with E-state index in [0.29, 0.717) is 107 Å². The first-order valence-corrected chi connectivity index (χ1v) is 41.1. The summed E-state index contributed by atoms with van der Waals surface area (Å²) in [4.78, 5) is 98.9. The van der Waals surface area contributed by atoms with E-state index in [9.17, 15) is 23.6 Å². The van der Waals surface area contributed by atoms with E-state index < -0.39 is 5.82 Å². The van der Waals surface area contributed by atoms with Gasteiger partial charge in [-0.25, -0.2) is 39.3 Å². The van der Waals surface area contributed by atoms with Gasteiger partial charge in [0.25, 0.3) is 23.6 Å². The van der Waals surface area contributed by atoms with Gasteiger partial charge in [0.15, 0.2) is 17.1 Å². The Morgan fingerprint density at radius 1 is 0.325 bits per heavy atom. The number of hydrogen-bond acceptors (Lipinski definition) is 23. The molecule has 0 radical (unpaired) electrons. The molecular formula is C88H94FN23O8. The van der Waals surface area contributed by atoms with E-state index >= 15 is 0 Å². The Morgan fingerprint density at radius 3 is 0.892 bits per heavy atom. The number of fused-ring (bicyclic) bond motifs is 8. The van der Waals surface area contributed by atoms with E-state index in [4.69, 9.17) is 18.9 Å². The minimum absolute atomic E-state index is 0.0468. The molecule has 11 aromatic heterocycles. The lowest BCUT2D eigenvalue weighted by Gasteiger charge is -2.25. The zero-order valence-electron chi connectivity index (χ0n) is 67.9. The average molecular weight is 1620 g/mol. The lowest BCUT2D eigenvalue weighted by Crippen LogP contribution is -2.38. The molecule has 12 atom stereocenters. The number of benzene rings is 1. The molecule has 120 heavy (non-hydrogen) atoms. The van der Waals surface area contributed by atoms with E-state index in [0.717, 1.165) is 128 Å². The fourth-order valence-corrected chi connectivity index (χ4v) is 18.7. The van der Waals surface area contributed by atoms with Crippen LogP contribution in [0.4, 0.5) is 4.39 Å². The molecule has 1 aromatic carbocycles. The summed E-state index contributed by atoms with van der Waals surface area (Å²) in [6, 6.07) is 33.0. The first-order chi connectivity index (χ1) is 58.4. The number of aryl methyl sites for hydroxylation is 7. The number of nitrogens with zero attached hydrogens (tertiary/aromatic N) is 23. The molecule has 31 nitrogen and oxygen atoms in total. The third-order valence-electron chi connectivity index (χ3n) is 24.3. The number of halogens is 1. The van der Waals surface area contributed by atoms with Gasteiger partial charge in [-0.1, -0.05) is 29.8 Å². The zero-order chi connectivity index (χ0) is 82.7. The van der Waals surface area contributed by atoms with E-state index in [2.05, 4.69) is 80.6 Å². The van der Waals surface area contributed by atoms with E-state index in [1.165, 1.54) is 31.3 Å². The Morgan fingerprint density at radius 2 is 0.600 bits per heavy atom.